The Bertz CT molecular complexity index is 276. The number of hydrogen-bond acceptors (Lipinski definition) is 5. The molecule has 0 radical (unpaired) electrons. The maximum atomic E-state index is 7.45. The summed E-state index contributed by atoms with van der Waals surface area (Å²) in [6, 6.07) is 0. The molecule has 0 amide bonds. The van der Waals surface area contributed by atoms with E-state index in [1.807, 2.05) is 0 Å². The first-order valence-electron chi connectivity index (χ1n) is 2.85. The minimum atomic E-state index is 0.445. The number of rotatable bonds is 0. The number of hydrogen-bond donors (Lipinski definition) is 5. The van der Waals surface area contributed by atoms with Crippen molar-refractivity contribution < 1.29 is 0 Å². The van der Waals surface area contributed by atoms with Crippen molar-refractivity contribution in [2.75, 3.05) is 0 Å². The van der Waals surface area contributed by atoms with Gasteiger partial charge in [0.2, 0.25) is 0 Å². The zero-order chi connectivity index (χ0) is 8.59. The third kappa shape index (κ3) is 1.83. The number of nitrogens with one attached hydrogen (secondary N) is 1. The van der Waals surface area contributed by atoms with E-state index in [0.717, 1.165) is 9.81 Å². The van der Waals surface area contributed by atoms with Crippen molar-refractivity contribution in [1.82, 2.24) is 0 Å². The third-order valence-corrected chi connectivity index (χ3v) is 3.70. The van der Waals surface area contributed by atoms with E-state index in [1.54, 1.807) is 0 Å². The van der Waals surface area contributed by atoms with Gasteiger partial charge in [-0.05, 0) is 0 Å². The monoisotopic (exact) mass is 221 g/mol. The SMILES string of the molecule is N=C1CC(S)=C(S)C(S)=C1S. The summed E-state index contributed by atoms with van der Waals surface area (Å²) in [6.45, 7) is 0. The summed E-state index contributed by atoms with van der Waals surface area (Å²) in [5.41, 5.74) is 0.445. The molecule has 1 aliphatic carbocycles. The van der Waals surface area contributed by atoms with Gasteiger partial charge in [-0.3, -0.25) is 0 Å². The lowest BCUT2D eigenvalue weighted by Crippen LogP contribution is -2.05. The van der Waals surface area contributed by atoms with Crippen LogP contribution < -0.4 is 0 Å². The van der Waals surface area contributed by atoms with Crippen LogP contribution in [0.25, 0.3) is 0 Å². The van der Waals surface area contributed by atoms with Gasteiger partial charge < -0.3 is 5.41 Å². The van der Waals surface area contributed by atoms with E-state index in [2.05, 4.69) is 50.5 Å². The predicted octanol–water partition coefficient (Wildman–Crippen LogP) is 2.55. The van der Waals surface area contributed by atoms with Gasteiger partial charge in [-0.2, -0.15) is 0 Å². The standard InChI is InChI=1S/C6H7NS4/c7-2-1-3(8)5(10)6(11)4(2)9/h7-11H,1H2. The maximum absolute atomic E-state index is 7.45. The molecular weight excluding hydrogens is 214 g/mol. The molecule has 0 aromatic carbocycles. The molecule has 0 aliphatic heterocycles. The van der Waals surface area contributed by atoms with Crippen LogP contribution in [-0.2, 0) is 0 Å². The molecule has 0 atom stereocenters. The molecule has 0 saturated carbocycles. The minimum Gasteiger partial charge on any atom is -0.304 e. The van der Waals surface area contributed by atoms with E-state index in [9.17, 15) is 0 Å². The minimum absolute atomic E-state index is 0.445. The largest absolute Gasteiger partial charge is 0.304 e. The highest BCUT2D eigenvalue weighted by Gasteiger charge is 2.17. The van der Waals surface area contributed by atoms with Crippen LogP contribution in [0.5, 0.6) is 0 Å². The molecule has 60 valence electrons. The molecule has 0 heterocycles. The number of thiol groups is 4. The average molecular weight is 221 g/mol. The summed E-state index contributed by atoms with van der Waals surface area (Å²) in [6.07, 6.45) is 0.505. The van der Waals surface area contributed by atoms with Crippen LogP contribution in [0.3, 0.4) is 0 Å². The summed E-state index contributed by atoms with van der Waals surface area (Å²) in [5, 5.41) is 7.45. The summed E-state index contributed by atoms with van der Waals surface area (Å²) < 4.78 is 0. The van der Waals surface area contributed by atoms with Gasteiger partial charge >= 0.3 is 0 Å². The summed E-state index contributed by atoms with van der Waals surface area (Å²) in [5.74, 6) is 0. The van der Waals surface area contributed by atoms with E-state index in [1.165, 1.54) is 0 Å². The molecule has 0 aromatic heterocycles. The van der Waals surface area contributed by atoms with Crippen molar-refractivity contribution in [1.29, 1.82) is 5.41 Å². The molecule has 0 spiro atoms. The molecule has 0 bridgehead atoms. The Balaban J connectivity index is 3.18. The Morgan fingerprint density at radius 3 is 2.00 bits per heavy atom. The average Bonchev–Trinajstić information content (AvgIpc) is 1.97. The Morgan fingerprint density at radius 1 is 0.909 bits per heavy atom. The van der Waals surface area contributed by atoms with Crippen molar-refractivity contribution in [2.45, 2.75) is 6.42 Å². The van der Waals surface area contributed by atoms with Crippen LogP contribution in [0.1, 0.15) is 6.42 Å². The second-order valence-electron chi connectivity index (χ2n) is 2.15. The molecular formula is C6H7NS4. The molecule has 1 rings (SSSR count). The molecule has 0 fully saturated rings. The van der Waals surface area contributed by atoms with Crippen LogP contribution >= 0.6 is 50.5 Å². The summed E-state index contributed by atoms with van der Waals surface area (Å²) in [4.78, 5) is 2.73. The van der Waals surface area contributed by atoms with Crippen LogP contribution in [0, 0.1) is 5.41 Å². The molecule has 1 N–H and O–H groups in total. The fourth-order valence-corrected chi connectivity index (χ4v) is 1.82. The Hall–Kier alpha value is 0.550. The zero-order valence-corrected chi connectivity index (χ0v) is 9.07. The van der Waals surface area contributed by atoms with Gasteiger partial charge in [-0.15, -0.1) is 50.5 Å². The van der Waals surface area contributed by atoms with Gasteiger partial charge in [0.05, 0.1) is 5.71 Å². The van der Waals surface area contributed by atoms with Crippen LogP contribution in [0.15, 0.2) is 19.6 Å². The van der Waals surface area contributed by atoms with Gasteiger partial charge in [0.15, 0.2) is 0 Å². The number of allylic oxidation sites excluding steroid dienone is 2. The highest BCUT2D eigenvalue weighted by molar-refractivity contribution is 7.93. The first-order chi connectivity index (χ1) is 5.04. The Kier molecular flexibility index (Phi) is 3.08. The molecule has 0 aromatic rings. The van der Waals surface area contributed by atoms with Crippen molar-refractivity contribution >= 4 is 56.2 Å². The smallest absolute Gasteiger partial charge is 0.0508 e. The highest BCUT2D eigenvalue weighted by Crippen LogP contribution is 2.35. The first-order valence-corrected chi connectivity index (χ1v) is 4.64. The second-order valence-corrected chi connectivity index (χ2v) is 4.03. The fourth-order valence-electron chi connectivity index (χ4n) is 0.727. The van der Waals surface area contributed by atoms with Crippen LogP contribution in [-0.4, -0.2) is 5.71 Å². The molecule has 5 heteroatoms. The normalized spacial score (nSPS) is 19.8. The highest BCUT2D eigenvalue weighted by atomic mass is 32.1. The third-order valence-electron chi connectivity index (χ3n) is 1.35. The van der Waals surface area contributed by atoms with Crippen molar-refractivity contribution in [3.63, 3.8) is 0 Å². The Morgan fingerprint density at radius 2 is 1.45 bits per heavy atom. The lowest BCUT2D eigenvalue weighted by Gasteiger charge is -2.15. The van der Waals surface area contributed by atoms with Gasteiger partial charge in [0.1, 0.15) is 0 Å². The lowest BCUT2D eigenvalue weighted by molar-refractivity contribution is 1.33. The van der Waals surface area contributed by atoms with E-state index < -0.39 is 0 Å². The van der Waals surface area contributed by atoms with Gasteiger partial charge in [0.25, 0.3) is 0 Å². The summed E-state index contributed by atoms with van der Waals surface area (Å²) >= 11 is 16.6. The summed E-state index contributed by atoms with van der Waals surface area (Å²) in [7, 11) is 0. The topological polar surface area (TPSA) is 23.9 Å². The molecule has 1 nitrogen and oxygen atoms in total. The molecule has 0 saturated heterocycles. The quantitative estimate of drug-likeness (QED) is 0.388. The Labute approximate surface area is 87.5 Å². The van der Waals surface area contributed by atoms with Crippen molar-refractivity contribution in [3.05, 3.63) is 19.6 Å². The van der Waals surface area contributed by atoms with Gasteiger partial charge in [-0.25, -0.2) is 0 Å². The molecule has 1 aliphatic rings. The molecule has 11 heavy (non-hydrogen) atoms. The van der Waals surface area contributed by atoms with E-state index in [0.29, 0.717) is 21.9 Å². The first kappa shape index (κ1) is 9.64. The van der Waals surface area contributed by atoms with E-state index >= 15 is 0 Å². The molecule has 0 unspecified atom stereocenters. The van der Waals surface area contributed by atoms with Gasteiger partial charge in [0, 0.05) is 26.0 Å². The van der Waals surface area contributed by atoms with E-state index in [4.69, 9.17) is 5.41 Å². The predicted molar refractivity (Wildman–Crippen MR) is 62.3 cm³/mol. The van der Waals surface area contributed by atoms with Crippen LogP contribution in [0.4, 0.5) is 0 Å². The van der Waals surface area contributed by atoms with Crippen LogP contribution in [0.2, 0.25) is 0 Å². The van der Waals surface area contributed by atoms with Crippen molar-refractivity contribution in [3.8, 4) is 0 Å². The van der Waals surface area contributed by atoms with E-state index in [-0.39, 0.29) is 0 Å². The fraction of sp³-hybridized carbons (Fsp3) is 0.167. The van der Waals surface area contributed by atoms with Crippen molar-refractivity contribution in [2.24, 2.45) is 0 Å². The van der Waals surface area contributed by atoms with Gasteiger partial charge in [-0.1, -0.05) is 0 Å². The maximum Gasteiger partial charge on any atom is 0.0508 e. The zero-order valence-electron chi connectivity index (χ0n) is 5.50. The second kappa shape index (κ2) is 3.51. The lowest BCUT2D eigenvalue weighted by atomic mass is 10.1.